The molecule has 2 heterocycles. The van der Waals surface area contributed by atoms with Crippen LogP contribution in [0.25, 0.3) is 11.3 Å². The van der Waals surface area contributed by atoms with Gasteiger partial charge in [0, 0.05) is 12.1 Å². The van der Waals surface area contributed by atoms with E-state index in [0.29, 0.717) is 17.9 Å². The normalized spacial score (nSPS) is 15.5. The lowest BCUT2D eigenvalue weighted by molar-refractivity contribution is 0.0697. The lowest BCUT2D eigenvalue weighted by Crippen LogP contribution is -2.33. The van der Waals surface area contributed by atoms with E-state index in [1.807, 2.05) is 24.3 Å². The Balaban J connectivity index is 1.63. The van der Waals surface area contributed by atoms with Crippen molar-refractivity contribution in [2.24, 2.45) is 0 Å². The second-order valence-electron chi connectivity index (χ2n) is 5.75. The highest BCUT2D eigenvalue weighted by atomic mass is 16.5. The minimum Gasteiger partial charge on any atom is -0.492 e. The largest absolute Gasteiger partial charge is 0.492 e. The standard InChI is InChI=1S/C18H21NO4/c20-18(21)16-7-11-23-17(16)14-5-4-6-15(13-14)22-12-10-19-8-2-1-3-9-19/h4-7,11,13H,1-3,8-10,12H2,(H,20,21). The highest BCUT2D eigenvalue weighted by Crippen LogP contribution is 2.28. The summed E-state index contributed by atoms with van der Waals surface area (Å²) < 4.78 is 11.1. The number of rotatable bonds is 6. The number of piperidine rings is 1. The molecular formula is C18H21NO4. The molecule has 1 aromatic heterocycles. The van der Waals surface area contributed by atoms with Crippen LogP contribution < -0.4 is 4.74 Å². The second-order valence-corrected chi connectivity index (χ2v) is 5.75. The number of benzene rings is 1. The van der Waals surface area contributed by atoms with E-state index in [2.05, 4.69) is 4.90 Å². The molecule has 1 saturated heterocycles. The third kappa shape index (κ3) is 3.93. The quantitative estimate of drug-likeness (QED) is 0.884. The van der Waals surface area contributed by atoms with Crippen molar-refractivity contribution in [3.8, 4) is 17.1 Å². The molecule has 0 spiro atoms. The molecule has 0 unspecified atom stereocenters. The highest BCUT2D eigenvalue weighted by molar-refractivity contribution is 5.94. The van der Waals surface area contributed by atoms with E-state index in [-0.39, 0.29) is 5.56 Å². The molecule has 0 aliphatic carbocycles. The summed E-state index contributed by atoms with van der Waals surface area (Å²) >= 11 is 0. The molecule has 1 aromatic carbocycles. The molecule has 5 heteroatoms. The SMILES string of the molecule is O=C(O)c1ccoc1-c1cccc(OCCN2CCCCC2)c1. The first kappa shape index (κ1) is 15.6. The van der Waals surface area contributed by atoms with Crippen molar-refractivity contribution in [3.05, 3.63) is 42.2 Å². The predicted octanol–water partition coefficient (Wildman–Crippen LogP) is 3.51. The maximum Gasteiger partial charge on any atom is 0.339 e. The molecule has 0 amide bonds. The number of carboxylic acid groups (broad SMARTS) is 1. The smallest absolute Gasteiger partial charge is 0.339 e. The summed E-state index contributed by atoms with van der Waals surface area (Å²) in [4.78, 5) is 13.6. The molecule has 122 valence electrons. The molecule has 23 heavy (non-hydrogen) atoms. The van der Waals surface area contributed by atoms with Gasteiger partial charge in [-0.3, -0.25) is 4.90 Å². The predicted molar refractivity (Wildman–Crippen MR) is 86.9 cm³/mol. The number of ether oxygens (including phenoxy) is 1. The minimum atomic E-state index is -0.995. The van der Waals surface area contributed by atoms with E-state index in [9.17, 15) is 9.90 Å². The Hall–Kier alpha value is -2.27. The summed E-state index contributed by atoms with van der Waals surface area (Å²) in [6.07, 6.45) is 5.26. The van der Waals surface area contributed by atoms with Gasteiger partial charge in [-0.15, -0.1) is 0 Å². The van der Waals surface area contributed by atoms with Gasteiger partial charge in [0.1, 0.15) is 23.7 Å². The number of carbonyl (C=O) groups is 1. The van der Waals surface area contributed by atoms with Gasteiger partial charge in [0.25, 0.3) is 0 Å². The Morgan fingerprint density at radius 2 is 2.04 bits per heavy atom. The van der Waals surface area contributed by atoms with Crippen LogP contribution in [-0.4, -0.2) is 42.2 Å². The van der Waals surface area contributed by atoms with E-state index < -0.39 is 5.97 Å². The number of hydrogen-bond acceptors (Lipinski definition) is 4. The van der Waals surface area contributed by atoms with E-state index in [0.717, 1.165) is 25.4 Å². The molecule has 0 saturated carbocycles. The fourth-order valence-electron chi connectivity index (χ4n) is 2.90. The molecular weight excluding hydrogens is 294 g/mol. The fourth-order valence-corrected chi connectivity index (χ4v) is 2.90. The zero-order chi connectivity index (χ0) is 16.1. The summed E-state index contributed by atoms with van der Waals surface area (Å²) in [5.41, 5.74) is 0.873. The average Bonchev–Trinajstić information content (AvgIpc) is 3.06. The first-order valence-electron chi connectivity index (χ1n) is 8.00. The van der Waals surface area contributed by atoms with Gasteiger partial charge < -0.3 is 14.3 Å². The van der Waals surface area contributed by atoms with Gasteiger partial charge in [0.2, 0.25) is 0 Å². The third-order valence-corrected chi connectivity index (χ3v) is 4.12. The Morgan fingerprint density at radius 3 is 2.83 bits per heavy atom. The number of carboxylic acids is 1. The molecule has 0 atom stereocenters. The Labute approximate surface area is 135 Å². The number of furan rings is 1. The highest BCUT2D eigenvalue weighted by Gasteiger charge is 2.15. The minimum absolute atomic E-state index is 0.162. The van der Waals surface area contributed by atoms with E-state index in [1.165, 1.54) is 31.6 Å². The number of nitrogens with zero attached hydrogens (tertiary/aromatic N) is 1. The molecule has 1 N–H and O–H groups in total. The lowest BCUT2D eigenvalue weighted by atomic mass is 10.1. The molecule has 3 rings (SSSR count). The van der Waals surface area contributed by atoms with Crippen molar-refractivity contribution in [2.75, 3.05) is 26.2 Å². The van der Waals surface area contributed by atoms with E-state index in [1.54, 1.807) is 0 Å². The third-order valence-electron chi connectivity index (χ3n) is 4.12. The van der Waals surface area contributed by atoms with Crippen molar-refractivity contribution in [2.45, 2.75) is 19.3 Å². The van der Waals surface area contributed by atoms with Crippen LogP contribution in [0.3, 0.4) is 0 Å². The maximum absolute atomic E-state index is 11.2. The van der Waals surface area contributed by atoms with Crippen LogP contribution >= 0.6 is 0 Å². The van der Waals surface area contributed by atoms with E-state index >= 15 is 0 Å². The van der Waals surface area contributed by atoms with Crippen LogP contribution in [0.2, 0.25) is 0 Å². The van der Waals surface area contributed by atoms with Gasteiger partial charge in [-0.25, -0.2) is 4.79 Å². The summed E-state index contributed by atoms with van der Waals surface area (Å²) in [6, 6.07) is 8.83. The zero-order valence-electron chi connectivity index (χ0n) is 13.0. The summed E-state index contributed by atoms with van der Waals surface area (Å²) in [7, 11) is 0. The number of hydrogen-bond donors (Lipinski definition) is 1. The molecule has 0 radical (unpaired) electrons. The lowest BCUT2D eigenvalue weighted by Gasteiger charge is -2.26. The van der Waals surface area contributed by atoms with Crippen LogP contribution in [0.5, 0.6) is 5.75 Å². The van der Waals surface area contributed by atoms with Gasteiger partial charge in [-0.1, -0.05) is 18.6 Å². The molecule has 1 aliphatic rings. The van der Waals surface area contributed by atoms with Gasteiger partial charge >= 0.3 is 5.97 Å². The number of aromatic carboxylic acids is 1. The monoisotopic (exact) mass is 315 g/mol. The van der Waals surface area contributed by atoms with Gasteiger partial charge in [-0.2, -0.15) is 0 Å². The Bertz CT molecular complexity index is 659. The fraction of sp³-hybridized carbons (Fsp3) is 0.389. The van der Waals surface area contributed by atoms with Gasteiger partial charge in [-0.05, 0) is 44.1 Å². The topological polar surface area (TPSA) is 62.9 Å². The summed E-state index contributed by atoms with van der Waals surface area (Å²) in [6.45, 7) is 3.86. The van der Waals surface area contributed by atoms with Crippen molar-refractivity contribution in [1.82, 2.24) is 4.90 Å². The Morgan fingerprint density at radius 1 is 1.22 bits per heavy atom. The molecule has 2 aromatic rings. The summed E-state index contributed by atoms with van der Waals surface area (Å²) in [5.74, 6) is 0.0939. The van der Waals surface area contributed by atoms with Crippen LogP contribution in [0.15, 0.2) is 41.0 Å². The van der Waals surface area contributed by atoms with Crippen LogP contribution in [0.4, 0.5) is 0 Å². The van der Waals surface area contributed by atoms with Crippen molar-refractivity contribution >= 4 is 5.97 Å². The van der Waals surface area contributed by atoms with Gasteiger partial charge in [0.05, 0.1) is 6.26 Å². The molecule has 0 bridgehead atoms. The first-order chi connectivity index (χ1) is 11.2. The summed E-state index contributed by atoms with van der Waals surface area (Å²) in [5, 5.41) is 9.17. The van der Waals surface area contributed by atoms with E-state index in [4.69, 9.17) is 9.15 Å². The van der Waals surface area contributed by atoms with Crippen molar-refractivity contribution < 1.29 is 19.1 Å². The van der Waals surface area contributed by atoms with Gasteiger partial charge in [0.15, 0.2) is 0 Å². The van der Waals surface area contributed by atoms with Crippen LogP contribution in [-0.2, 0) is 0 Å². The number of likely N-dealkylation sites (tertiary alicyclic amines) is 1. The average molecular weight is 315 g/mol. The molecule has 5 nitrogen and oxygen atoms in total. The Kier molecular flexibility index (Phi) is 4.98. The molecule has 1 aliphatic heterocycles. The van der Waals surface area contributed by atoms with Crippen molar-refractivity contribution in [1.29, 1.82) is 0 Å². The van der Waals surface area contributed by atoms with Crippen LogP contribution in [0.1, 0.15) is 29.6 Å². The van der Waals surface area contributed by atoms with Crippen LogP contribution in [0, 0.1) is 0 Å². The first-order valence-corrected chi connectivity index (χ1v) is 8.00. The molecule has 1 fully saturated rings. The zero-order valence-corrected chi connectivity index (χ0v) is 13.0. The maximum atomic E-state index is 11.2. The van der Waals surface area contributed by atoms with Crippen molar-refractivity contribution in [3.63, 3.8) is 0 Å². The second kappa shape index (κ2) is 7.33.